The highest BCUT2D eigenvalue weighted by molar-refractivity contribution is 7.14. The first-order valence-corrected chi connectivity index (χ1v) is 4.77. The van der Waals surface area contributed by atoms with Gasteiger partial charge in [-0.1, -0.05) is 11.6 Å². The fourth-order valence-electron chi connectivity index (χ4n) is 0.673. The molecular formula is C7H8ClNO3S. The van der Waals surface area contributed by atoms with E-state index >= 15 is 0 Å². The number of aliphatic hydroxyl groups excluding tert-OH is 1. The van der Waals surface area contributed by atoms with E-state index in [1.54, 1.807) is 11.4 Å². The second kappa shape index (κ2) is 5.18. The molecule has 13 heavy (non-hydrogen) atoms. The van der Waals surface area contributed by atoms with E-state index in [1.165, 1.54) is 11.3 Å². The summed E-state index contributed by atoms with van der Waals surface area (Å²) < 4.78 is 0.421. The van der Waals surface area contributed by atoms with E-state index in [-0.39, 0.29) is 13.2 Å². The van der Waals surface area contributed by atoms with Gasteiger partial charge in [0, 0.05) is 0 Å². The van der Waals surface area contributed by atoms with Gasteiger partial charge in [-0.05, 0) is 11.4 Å². The summed E-state index contributed by atoms with van der Waals surface area (Å²) in [6.45, 7) is -0.0782. The Morgan fingerprint density at radius 1 is 1.77 bits per heavy atom. The van der Waals surface area contributed by atoms with E-state index in [1.807, 2.05) is 0 Å². The third kappa shape index (κ3) is 2.96. The maximum atomic E-state index is 11.2. The fraction of sp³-hybridized carbons (Fsp3) is 0.286. The lowest BCUT2D eigenvalue weighted by Crippen LogP contribution is -2.24. The standard InChI is InChI=1S/C7H8ClNO3S/c8-6-5(1-4-13-6)7(11)9-12-3-2-10/h1,4,10H,2-3H2,(H,9,11). The SMILES string of the molecule is O=C(NOCCO)c1ccsc1Cl. The maximum Gasteiger partial charge on any atom is 0.277 e. The monoisotopic (exact) mass is 221 g/mol. The number of hydrogen-bond donors (Lipinski definition) is 2. The lowest BCUT2D eigenvalue weighted by molar-refractivity contribution is 0.0169. The van der Waals surface area contributed by atoms with Crippen LogP contribution in [0, 0.1) is 0 Å². The molecule has 72 valence electrons. The van der Waals surface area contributed by atoms with Gasteiger partial charge in [-0.25, -0.2) is 5.48 Å². The number of hydroxylamine groups is 1. The molecule has 1 amide bonds. The van der Waals surface area contributed by atoms with Gasteiger partial charge in [0.1, 0.15) is 4.34 Å². The van der Waals surface area contributed by atoms with Gasteiger partial charge >= 0.3 is 0 Å². The summed E-state index contributed by atoms with van der Waals surface area (Å²) in [7, 11) is 0. The first-order chi connectivity index (χ1) is 6.25. The predicted molar refractivity (Wildman–Crippen MR) is 49.8 cm³/mol. The molecule has 0 atom stereocenters. The van der Waals surface area contributed by atoms with Crippen LogP contribution in [0.5, 0.6) is 0 Å². The van der Waals surface area contributed by atoms with E-state index in [4.69, 9.17) is 16.7 Å². The van der Waals surface area contributed by atoms with Crippen molar-refractivity contribution in [1.82, 2.24) is 5.48 Å². The number of halogens is 1. The lowest BCUT2D eigenvalue weighted by atomic mass is 10.3. The number of carbonyl (C=O) groups excluding carboxylic acids is 1. The molecule has 1 aromatic heterocycles. The molecule has 0 fully saturated rings. The highest BCUT2D eigenvalue weighted by atomic mass is 35.5. The van der Waals surface area contributed by atoms with Crippen LogP contribution >= 0.6 is 22.9 Å². The van der Waals surface area contributed by atoms with Crippen LogP contribution in [0.1, 0.15) is 10.4 Å². The molecule has 4 nitrogen and oxygen atoms in total. The van der Waals surface area contributed by atoms with E-state index in [0.29, 0.717) is 9.90 Å². The van der Waals surface area contributed by atoms with Gasteiger partial charge in [-0.3, -0.25) is 9.63 Å². The molecule has 0 aliphatic carbocycles. The molecule has 1 rings (SSSR count). The van der Waals surface area contributed by atoms with Crippen molar-refractivity contribution in [3.63, 3.8) is 0 Å². The molecule has 1 heterocycles. The third-order valence-corrected chi connectivity index (χ3v) is 2.39. The first-order valence-electron chi connectivity index (χ1n) is 3.51. The zero-order valence-corrected chi connectivity index (χ0v) is 8.19. The lowest BCUT2D eigenvalue weighted by Gasteiger charge is -2.02. The molecule has 0 radical (unpaired) electrons. The minimum Gasteiger partial charge on any atom is -0.394 e. The third-order valence-electron chi connectivity index (χ3n) is 1.22. The summed E-state index contributed by atoms with van der Waals surface area (Å²) in [6, 6.07) is 1.60. The van der Waals surface area contributed by atoms with Gasteiger partial charge in [0.05, 0.1) is 18.8 Å². The van der Waals surface area contributed by atoms with Gasteiger partial charge in [0.25, 0.3) is 5.91 Å². The largest absolute Gasteiger partial charge is 0.394 e. The zero-order valence-electron chi connectivity index (χ0n) is 6.62. The van der Waals surface area contributed by atoms with Crippen LogP contribution in [-0.2, 0) is 4.84 Å². The van der Waals surface area contributed by atoms with Crippen LogP contribution in [0.4, 0.5) is 0 Å². The highest BCUT2D eigenvalue weighted by Gasteiger charge is 2.10. The number of hydrogen-bond acceptors (Lipinski definition) is 4. The van der Waals surface area contributed by atoms with Crippen molar-refractivity contribution >= 4 is 28.8 Å². The van der Waals surface area contributed by atoms with Crippen LogP contribution in [-0.4, -0.2) is 24.2 Å². The van der Waals surface area contributed by atoms with E-state index in [0.717, 1.165) is 0 Å². The highest BCUT2D eigenvalue weighted by Crippen LogP contribution is 2.22. The number of amides is 1. The van der Waals surface area contributed by atoms with Crippen molar-refractivity contribution in [2.45, 2.75) is 0 Å². The van der Waals surface area contributed by atoms with Crippen LogP contribution in [0.15, 0.2) is 11.4 Å². The van der Waals surface area contributed by atoms with Gasteiger partial charge < -0.3 is 5.11 Å². The number of nitrogens with one attached hydrogen (secondary N) is 1. The fourth-order valence-corrected chi connectivity index (χ4v) is 1.59. The normalized spacial score (nSPS) is 10.0. The Labute approximate surface area is 84.0 Å². The van der Waals surface area contributed by atoms with Crippen LogP contribution < -0.4 is 5.48 Å². The zero-order chi connectivity index (χ0) is 9.68. The predicted octanol–water partition coefficient (Wildman–Crippen LogP) is 1.06. The summed E-state index contributed by atoms with van der Waals surface area (Å²) in [5.74, 6) is -0.403. The average Bonchev–Trinajstić information content (AvgIpc) is 2.52. The number of aliphatic hydroxyl groups is 1. The van der Waals surface area contributed by atoms with Crippen molar-refractivity contribution in [3.05, 3.63) is 21.3 Å². The van der Waals surface area contributed by atoms with Crippen molar-refractivity contribution in [2.24, 2.45) is 0 Å². The average molecular weight is 222 g/mol. The first kappa shape index (κ1) is 10.5. The second-order valence-corrected chi connectivity index (χ2v) is 3.63. The number of carbonyl (C=O) groups is 1. The van der Waals surface area contributed by atoms with E-state index in [2.05, 4.69) is 10.3 Å². The van der Waals surface area contributed by atoms with Gasteiger partial charge in [0.2, 0.25) is 0 Å². The molecule has 0 spiro atoms. The Morgan fingerprint density at radius 3 is 3.08 bits per heavy atom. The smallest absolute Gasteiger partial charge is 0.277 e. The molecule has 0 saturated heterocycles. The molecular weight excluding hydrogens is 214 g/mol. The molecule has 2 N–H and O–H groups in total. The van der Waals surface area contributed by atoms with E-state index in [9.17, 15) is 4.79 Å². The van der Waals surface area contributed by atoms with Crippen LogP contribution in [0.3, 0.4) is 0 Å². The number of rotatable bonds is 4. The van der Waals surface area contributed by atoms with Gasteiger partial charge in [-0.2, -0.15) is 0 Å². The molecule has 0 unspecified atom stereocenters. The van der Waals surface area contributed by atoms with Crippen LogP contribution in [0.2, 0.25) is 4.34 Å². The molecule has 0 aliphatic rings. The quantitative estimate of drug-likeness (QED) is 0.590. The molecule has 0 saturated carbocycles. The summed E-state index contributed by atoms with van der Waals surface area (Å²) >= 11 is 6.97. The van der Waals surface area contributed by atoms with Crippen molar-refractivity contribution in [3.8, 4) is 0 Å². The molecule has 1 aromatic rings. The van der Waals surface area contributed by atoms with Gasteiger partial charge in [-0.15, -0.1) is 11.3 Å². The Hall–Kier alpha value is -0.620. The second-order valence-electron chi connectivity index (χ2n) is 2.11. The Kier molecular flexibility index (Phi) is 4.17. The summed E-state index contributed by atoms with van der Waals surface area (Å²) in [5, 5.41) is 10.1. The Morgan fingerprint density at radius 2 is 2.54 bits per heavy atom. The minimum absolute atomic E-state index is 0.0630. The number of thiophene rings is 1. The molecule has 0 bridgehead atoms. The Balaban J connectivity index is 2.45. The maximum absolute atomic E-state index is 11.2. The van der Waals surface area contributed by atoms with Crippen molar-refractivity contribution in [2.75, 3.05) is 13.2 Å². The minimum atomic E-state index is -0.403. The molecule has 0 aromatic carbocycles. The van der Waals surface area contributed by atoms with Gasteiger partial charge in [0.15, 0.2) is 0 Å². The van der Waals surface area contributed by atoms with Crippen molar-refractivity contribution < 1.29 is 14.7 Å². The molecule has 0 aliphatic heterocycles. The van der Waals surface area contributed by atoms with Crippen LogP contribution in [0.25, 0.3) is 0 Å². The summed E-state index contributed by atoms with van der Waals surface area (Å²) in [4.78, 5) is 15.8. The van der Waals surface area contributed by atoms with Crippen molar-refractivity contribution in [1.29, 1.82) is 0 Å². The summed E-state index contributed by atoms with van der Waals surface area (Å²) in [6.07, 6.45) is 0. The summed E-state index contributed by atoms with van der Waals surface area (Å²) in [5.41, 5.74) is 2.53. The topological polar surface area (TPSA) is 58.6 Å². The Bertz CT molecular complexity index is 289. The van der Waals surface area contributed by atoms with E-state index < -0.39 is 5.91 Å². The molecule has 6 heteroatoms.